The van der Waals surface area contributed by atoms with Gasteiger partial charge >= 0.3 is 6.18 Å². The van der Waals surface area contributed by atoms with Gasteiger partial charge < -0.3 is 5.11 Å². The second-order valence-corrected chi connectivity index (χ2v) is 4.46. The second kappa shape index (κ2) is 5.68. The van der Waals surface area contributed by atoms with E-state index in [1.165, 1.54) is 0 Å². The van der Waals surface area contributed by atoms with Gasteiger partial charge in [-0.2, -0.15) is 13.2 Å². The lowest BCUT2D eigenvalue weighted by Crippen LogP contribution is -2.16. The summed E-state index contributed by atoms with van der Waals surface area (Å²) in [6.45, 7) is 0. The molecular weight excluding hydrogens is 285 g/mol. The highest BCUT2D eigenvalue weighted by atomic mass is 79.9. The minimum Gasteiger partial charge on any atom is -0.393 e. The minimum absolute atomic E-state index is 0.234. The first-order valence-corrected chi connectivity index (χ1v) is 5.66. The largest absolute Gasteiger partial charge is 0.393 e. The molecule has 0 amide bonds. The molecule has 0 aliphatic rings. The SMILES string of the molecule is OC(CCC(F)(F)F)Cc1ccccc1Br. The molecule has 1 aromatic rings. The number of rotatable bonds is 4. The van der Waals surface area contributed by atoms with Crippen LogP contribution in [0, 0.1) is 0 Å². The summed E-state index contributed by atoms with van der Waals surface area (Å²) in [4.78, 5) is 0. The third-order valence-electron chi connectivity index (χ3n) is 2.17. The number of hydrogen-bond donors (Lipinski definition) is 1. The molecule has 0 spiro atoms. The third-order valence-corrected chi connectivity index (χ3v) is 2.95. The molecule has 0 radical (unpaired) electrons. The fourth-order valence-corrected chi connectivity index (χ4v) is 1.80. The van der Waals surface area contributed by atoms with Crippen LogP contribution in [-0.2, 0) is 6.42 Å². The lowest BCUT2D eigenvalue weighted by atomic mass is 10.0. The quantitative estimate of drug-likeness (QED) is 0.898. The highest BCUT2D eigenvalue weighted by molar-refractivity contribution is 9.10. The molecule has 0 saturated heterocycles. The molecule has 0 aliphatic carbocycles. The highest BCUT2D eigenvalue weighted by Gasteiger charge is 2.27. The molecule has 0 aliphatic heterocycles. The van der Waals surface area contributed by atoms with Crippen molar-refractivity contribution in [2.75, 3.05) is 0 Å². The zero-order valence-electron chi connectivity index (χ0n) is 8.47. The van der Waals surface area contributed by atoms with Crippen LogP contribution < -0.4 is 0 Å². The lowest BCUT2D eigenvalue weighted by Gasteiger charge is -2.13. The molecule has 0 saturated carbocycles. The topological polar surface area (TPSA) is 20.2 Å². The van der Waals surface area contributed by atoms with Gasteiger partial charge in [0.2, 0.25) is 0 Å². The number of alkyl halides is 3. The molecule has 16 heavy (non-hydrogen) atoms. The van der Waals surface area contributed by atoms with E-state index in [1.54, 1.807) is 18.2 Å². The smallest absolute Gasteiger partial charge is 0.389 e. The van der Waals surface area contributed by atoms with Gasteiger partial charge in [0.25, 0.3) is 0 Å². The maximum absolute atomic E-state index is 11.9. The van der Waals surface area contributed by atoms with Gasteiger partial charge in [0, 0.05) is 10.9 Å². The number of benzene rings is 1. The van der Waals surface area contributed by atoms with Crippen molar-refractivity contribution in [2.24, 2.45) is 0 Å². The van der Waals surface area contributed by atoms with Crippen LogP contribution >= 0.6 is 15.9 Å². The highest BCUT2D eigenvalue weighted by Crippen LogP contribution is 2.24. The lowest BCUT2D eigenvalue weighted by molar-refractivity contribution is -0.139. The molecule has 1 aromatic carbocycles. The van der Waals surface area contributed by atoms with Crippen LogP contribution in [0.4, 0.5) is 13.2 Å². The normalized spacial score (nSPS) is 13.8. The van der Waals surface area contributed by atoms with Crippen molar-refractivity contribution in [1.82, 2.24) is 0 Å². The van der Waals surface area contributed by atoms with Crippen LogP contribution in [0.15, 0.2) is 28.7 Å². The summed E-state index contributed by atoms with van der Waals surface area (Å²) in [6, 6.07) is 7.18. The van der Waals surface area contributed by atoms with E-state index in [-0.39, 0.29) is 12.8 Å². The van der Waals surface area contributed by atoms with Gasteiger partial charge in [-0.25, -0.2) is 0 Å². The van der Waals surface area contributed by atoms with E-state index >= 15 is 0 Å². The average molecular weight is 297 g/mol. The first-order chi connectivity index (χ1) is 7.38. The first-order valence-electron chi connectivity index (χ1n) is 4.87. The number of halogens is 4. The molecule has 1 atom stereocenters. The Morgan fingerprint density at radius 3 is 2.44 bits per heavy atom. The van der Waals surface area contributed by atoms with E-state index in [0.717, 1.165) is 10.0 Å². The zero-order valence-corrected chi connectivity index (χ0v) is 10.1. The standard InChI is InChI=1S/C11H12BrF3O/c12-10-4-2-1-3-8(10)7-9(16)5-6-11(13,14)15/h1-4,9,16H,5-7H2. The number of hydrogen-bond acceptors (Lipinski definition) is 1. The Balaban J connectivity index is 2.46. The first kappa shape index (κ1) is 13.5. The van der Waals surface area contributed by atoms with Gasteiger partial charge in [0.1, 0.15) is 0 Å². The van der Waals surface area contributed by atoms with E-state index < -0.39 is 18.7 Å². The Kier molecular flexibility index (Phi) is 4.80. The Labute approximate surface area is 100 Å². The van der Waals surface area contributed by atoms with Crippen molar-refractivity contribution in [2.45, 2.75) is 31.5 Å². The van der Waals surface area contributed by atoms with Crippen LogP contribution in [0.2, 0.25) is 0 Å². The van der Waals surface area contributed by atoms with Crippen molar-refractivity contribution in [1.29, 1.82) is 0 Å². The molecule has 1 unspecified atom stereocenters. The molecule has 1 rings (SSSR count). The maximum atomic E-state index is 11.9. The van der Waals surface area contributed by atoms with Crippen molar-refractivity contribution < 1.29 is 18.3 Å². The summed E-state index contributed by atoms with van der Waals surface area (Å²) in [5.41, 5.74) is 0.817. The summed E-state index contributed by atoms with van der Waals surface area (Å²) in [5, 5.41) is 9.47. The Morgan fingerprint density at radius 1 is 1.25 bits per heavy atom. The summed E-state index contributed by atoms with van der Waals surface area (Å²) in [7, 11) is 0. The molecule has 0 aromatic heterocycles. The predicted octanol–water partition coefficient (Wildman–Crippen LogP) is 3.70. The molecule has 90 valence electrons. The molecule has 0 heterocycles. The molecular formula is C11H12BrF3O. The summed E-state index contributed by atoms with van der Waals surface area (Å²) < 4.78 is 36.5. The Morgan fingerprint density at radius 2 is 1.88 bits per heavy atom. The van der Waals surface area contributed by atoms with Crippen LogP contribution in [-0.4, -0.2) is 17.4 Å². The predicted molar refractivity (Wildman–Crippen MR) is 59.1 cm³/mol. The average Bonchev–Trinajstić information content (AvgIpc) is 2.18. The van der Waals surface area contributed by atoms with Crippen LogP contribution in [0.25, 0.3) is 0 Å². The third kappa shape index (κ3) is 4.99. The molecule has 5 heteroatoms. The Bertz CT molecular complexity index is 338. The zero-order chi connectivity index (χ0) is 12.2. The van der Waals surface area contributed by atoms with Gasteiger partial charge in [-0.3, -0.25) is 0 Å². The monoisotopic (exact) mass is 296 g/mol. The van der Waals surface area contributed by atoms with E-state index in [4.69, 9.17) is 0 Å². The van der Waals surface area contributed by atoms with Gasteiger partial charge in [-0.05, 0) is 24.5 Å². The molecule has 1 N–H and O–H groups in total. The van der Waals surface area contributed by atoms with Crippen molar-refractivity contribution in [3.05, 3.63) is 34.3 Å². The van der Waals surface area contributed by atoms with Crippen molar-refractivity contribution in [3.63, 3.8) is 0 Å². The fourth-order valence-electron chi connectivity index (χ4n) is 1.35. The van der Waals surface area contributed by atoms with E-state index in [2.05, 4.69) is 15.9 Å². The summed E-state index contributed by atoms with van der Waals surface area (Å²) in [5.74, 6) is 0. The molecule has 0 fully saturated rings. The van der Waals surface area contributed by atoms with Gasteiger partial charge in [0.15, 0.2) is 0 Å². The van der Waals surface area contributed by atoms with Crippen LogP contribution in [0.1, 0.15) is 18.4 Å². The van der Waals surface area contributed by atoms with Crippen LogP contribution in [0.3, 0.4) is 0 Å². The van der Waals surface area contributed by atoms with E-state index in [0.29, 0.717) is 0 Å². The Hall–Kier alpha value is -0.550. The van der Waals surface area contributed by atoms with Gasteiger partial charge in [-0.1, -0.05) is 34.1 Å². The molecule has 0 bridgehead atoms. The second-order valence-electron chi connectivity index (χ2n) is 3.60. The fraction of sp³-hybridized carbons (Fsp3) is 0.455. The minimum atomic E-state index is -4.20. The van der Waals surface area contributed by atoms with E-state index in [1.807, 2.05) is 6.07 Å². The molecule has 1 nitrogen and oxygen atoms in total. The van der Waals surface area contributed by atoms with Crippen molar-refractivity contribution in [3.8, 4) is 0 Å². The summed E-state index contributed by atoms with van der Waals surface area (Å²) >= 11 is 3.28. The number of aliphatic hydroxyl groups excluding tert-OH is 1. The summed E-state index contributed by atoms with van der Waals surface area (Å²) in [6.07, 6.45) is -6.13. The van der Waals surface area contributed by atoms with Crippen LogP contribution in [0.5, 0.6) is 0 Å². The van der Waals surface area contributed by atoms with Crippen molar-refractivity contribution >= 4 is 15.9 Å². The van der Waals surface area contributed by atoms with Gasteiger partial charge in [0.05, 0.1) is 6.10 Å². The number of aliphatic hydroxyl groups is 1. The van der Waals surface area contributed by atoms with Gasteiger partial charge in [-0.15, -0.1) is 0 Å². The van der Waals surface area contributed by atoms with E-state index in [9.17, 15) is 18.3 Å². The maximum Gasteiger partial charge on any atom is 0.389 e.